The fourth-order valence-electron chi connectivity index (χ4n) is 1.82. The molecule has 0 aliphatic heterocycles. The van der Waals surface area contributed by atoms with Gasteiger partial charge in [-0.05, 0) is 19.3 Å². The van der Waals surface area contributed by atoms with Crippen LogP contribution in [0.2, 0.25) is 0 Å². The van der Waals surface area contributed by atoms with Crippen molar-refractivity contribution in [3.8, 4) is 0 Å². The van der Waals surface area contributed by atoms with Crippen molar-refractivity contribution in [3.63, 3.8) is 0 Å². The Hall–Kier alpha value is 0.137. The molecule has 0 fully saturated rings. The van der Waals surface area contributed by atoms with Gasteiger partial charge in [0.1, 0.15) is 10.5 Å². The molecular weight excluding hydrogens is 216 g/mol. The average molecular weight is 246 g/mol. The largest absolute Gasteiger partial charge is 0.428 e. The number of unbranched alkanes of at least 4 members (excludes halogenated alkanes) is 3. The van der Waals surface area contributed by atoms with Crippen LogP contribution in [0.4, 0.5) is 0 Å². The number of hydrogen-bond acceptors (Lipinski definition) is 2. The average Bonchev–Trinajstić information content (AvgIpc) is 2.31. The van der Waals surface area contributed by atoms with Gasteiger partial charge in [0.05, 0.1) is 6.10 Å². The molecular formula is C13H30O2Si. The van der Waals surface area contributed by atoms with Crippen molar-refractivity contribution in [3.05, 3.63) is 0 Å². The molecule has 0 aromatic heterocycles. The summed E-state index contributed by atoms with van der Waals surface area (Å²) in [7, 11) is 0.851. The molecule has 3 heteroatoms. The Kier molecular flexibility index (Phi) is 13.3. The minimum atomic E-state index is 0.501. The molecule has 0 amide bonds. The summed E-state index contributed by atoms with van der Waals surface area (Å²) in [6.07, 6.45) is 10.6. The highest BCUT2D eigenvalue weighted by molar-refractivity contribution is 5.97. The van der Waals surface area contributed by atoms with E-state index in [1.807, 2.05) is 0 Å². The summed E-state index contributed by atoms with van der Waals surface area (Å²) in [4.78, 5) is 0. The van der Waals surface area contributed by atoms with Crippen LogP contribution >= 0.6 is 0 Å². The van der Waals surface area contributed by atoms with E-state index < -0.39 is 0 Å². The van der Waals surface area contributed by atoms with Crippen LogP contribution in [0, 0.1) is 0 Å². The molecule has 0 spiro atoms. The lowest BCUT2D eigenvalue weighted by Crippen LogP contribution is -2.14. The van der Waals surface area contributed by atoms with E-state index in [1.165, 1.54) is 44.9 Å². The molecule has 0 aromatic carbocycles. The maximum Gasteiger partial charge on any atom is 0.145 e. The van der Waals surface area contributed by atoms with Crippen molar-refractivity contribution in [1.82, 2.24) is 0 Å². The third-order valence-corrected chi connectivity index (χ3v) is 3.26. The third-order valence-electron chi connectivity index (χ3n) is 2.86. The highest BCUT2D eigenvalue weighted by Crippen LogP contribution is 2.13. The first-order chi connectivity index (χ1) is 7.85. The number of rotatable bonds is 12. The van der Waals surface area contributed by atoms with Crippen LogP contribution in [-0.4, -0.2) is 29.8 Å². The summed E-state index contributed by atoms with van der Waals surface area (Å²) in [6.45, 7) is 6.26. The smallest absolute Gasteiger partial charge is 0.145 e. The van der Waals surface area contributed by atoms with Crippen molar-refractivity contribution in [2.24, 2.45) is 0 Å². The molecule has 98 valence electrons. The van der Waals surface area contributed by atoms with Crippen molar-refractivity contribution in [2.75, 3.05) is 13.2 Å². The van der Waals surface area contributed by atoms with Crippen molar-refractivity contribution < 1.29 is 9.16 Å². The van der Waals surface area contributed by atoms with E-state index in [9.17, 15) is 0 Å². The molecule has 2 nitrogen and oxygen atoms in total. The molecule has 1 unspecified atom stereocenters. The van der Waals surface area contributed by atoms with Crippen LogP contribution in [0.25, 0.3) is 0 Å². The molecule has 1 atom stereocenters. The molecule has 0 aliphatic rings. The Bertz CT molecular complexity index is 131. The summed E-state index contributed by atoms with van der Waals surface area (Å²) in [6, 6.07) is 0. The number of ether oxygens (including phenoxy) is 1. The molecule has 0 heterocycles. The molecule has 0 aromatic rings. The minimum absolute atomic E-state index is 0.501. The quantitative estimate of drug-likeness (QED) is 0.389. The van der Waals surface area contributed by atoms with Crippen molar-refractivity contribution in [2.45, 2.75) is 71.3 Å². The lowest BCUT2D eigenvalue weighted by molar-refractivity contribution is 0.0324. The minimum Gasteiger partial charge on any atom is -0.428 e. The Labute approximate surface area is 105 Å². The van der Waals surface area contributed by atoms with Crippen LogP contribution in [0.15, 0.2) is 0 Å². The lowest BCUT2D eigenvalue weighted by Gasteiger charge is -2.17. The topological polar surface area (TPSA) is 18.5 Å². The fourth-order valence-corrected chi connectivity index (χ4v) is 2.11. The molecule has 0 saturated carbocycles. The van der Waals surface area contributed by atoms with Crippen molar-refractivity contribution >= 4 is 10.5 Å². The maximum absolute atomic E-state index is 5.93. The monoisotopic (exact) mass is 246 g/mol. The lowest BCUT2D eigenvalue weighted by atomic mass is 10.1. The highest BCUT2D eigenvalue weighted by Gasteiger charge is 2.07. The zero-order chi connectivity index (χ0) is 12.1. The van der Waals surface area contributed by atoms with E-state index in [2.05, 4.69) is 13.8 Å². The SMILES string of the molecule is CCCCCC(CCCC)OCCCO[SiH3]. The Balaban J connectivity index is 3.54. The van der Waals surface area contributed by atoms with Gasteiger partial charge >= 0.3 is 0 Å². The molecule has 16 heavy (non-hydrogen) atoms. The first kappa shape index (κ1) is 16.1. The normalized spacial score (nSPS) is 13.1. The van der Waals surface area contributed by atoms with E-state index >= 15 is 0 Å². The van der Waals surface area contributed by atoms with E-state index in [4.69, 9.17) is 9.16 Å². The van der Waals surface area contributed by atoms with Crippen LogP contribution < -0.4 is 0 Å². The standard InChI is InChI=1S/C13H30O2Si/c1-3-5-7-10-13(9-6-4-2)14-11-8-12-15-16/h13H,3-12H2,1-2,16H3. The Morgan fingerprint density at radius 3 is 2.19 bits per heavy atom. The first-order valence-electron chi connectivity index (χ1n) is 6.95. The second-order valence-electron chi connectivity index (χ2n) is 4.48. The molecule has 0 saturated heterocycles. The first-order valence-corrected chi connectivity index (χ1v) is 7.77. The molecule has 0 rings (SSSR count). The van der Waals surface area contributed by atoms with E-state index in [0.29, 0.717) is 6.10 Å². The van der Waals surface area contributed by atoms with Gasteiger partial charge in [-0.25, -0.2) is 0 Å². The summed E-state index contributed by atoms with van der Waals surface area (Å²) >= 11 is 0. The van der Waals surface area contributed by atoms with Crippen LogP contribution in [0.1, 0.15) is 65.2 Å². The number of hydrogen-bond donors (Lipinski definition) is 0. The van der Waals surface area contributed by atoms with Crippen molar-refractivity contribution in [1.29, 1.82) is 0 Å². The van der Waals surface area contributed by atoms with Crippen LogP contribution in [-0.2, 0) is 9.16 Å². The van der Waals surface area contributed by atoms with Crippen LogP contribution in [0.5, 0.6) is 0 Å². The van der Waals surface area contributed by atoms with Gasteiger partial charge in [0.15, 0.2) is 0 Å². The second-order valence-corrected chi connectivity index (χ2v) is 5.05. The zero-order valence-electron chi connectivity index (χ0n) is 11.5. The van der Waals surface area contributed by atoms with Gasteiger partial charge in [-0.2, -0.15) is 0 Å². The molecule has 0 aliphatic carbocycles. The molecule has 0 bridgehead atoms. The summed E-state index contributed by atoms with van der Waals surface area (Å²) < 4.78 is 11.1. The summed E-state index contributed by atoms with van der Waals surface area (Å²) in [5.74, 6) is 0. The van der Waals surface area contributed by atoms with Gasteiger partial charge in [0, 0.05) is 13.2 Å². The predicted molar refractivity (Wildman–Crippen MR) is 73.9 cm³/mol. The third kappa shape index (κ3) is 10.6. The molecule has 0 radical (unpaired) electrons. The zero-order valence-corrected chi connectivity index (χ0v) is 13.5. The van der Waals surface area contributed by atoms with Gasteiger partial charge in [-0.3, -0.25) is 0 Å². The van der Waals surface area contributed by atoms with Gasteiger partial charge in [-0.1, -0.05) is 46.0 Å². The van der Waals surface area contributed by atoms with Gasteiger partial charge in [0.25, 0.3) is 0 Å². The fraction of sp³-hybridized carbons (Fsp3) is 1.00. The Morgan fingerprint density at radius 1 is 0.875 bits per heavy atom. The van der Waals surface area contributed by atoms with E-state index in [-0.39, 0.29) is 0 Å². The summed E-state index contributed by atoms with van der Waals surface area (Å²) in [5.41, 5.74) is 0. The van der Waals surface area contributed by atoms with E-state index in [1.54, 1.807) is 0 Å². The summed E-state index contributed by atoms with van der Waals surface area (Å²) in [5, 5.41) is 0. The highest BCUT2D eigenvalue weighted by atomic mass is 28.2. The Morgan fingerprint density at radius 2 is 1.56 bits per heavy atom. The maximum atomic E-state index is 5.93. The van der Waals surface area contributed by atoms with Crippen LogP contribution in [0.3, 0.4) is 0 Å². The molecule has 0 N–H and O–H groups in total. The van der Waals surface area contributed by atoms with Gasteiger partial charge in [0.2, 0.25) is 0 Å². The van der Waals surface area contributed by atoms with Gasteiger partial charge < -0.3 is 9.16 Å². The predicted octanol–water partition coefficient (Wildman–Crippen LogP) is 2.83. The van der Waals surface area contributed by atoms with Gasteiger partial charge in [-0.15, -0.1) is 0 Å². The second kappa shape index (κ2) is 13.2. The van der Waals surface area contributed by atoms with E-state index in [0.717, 1.165) is 30.1 Å².